The van der Waals surface area contributed by atoms with Crippen LogP contribution in [-0.4, -0.2) is 49.0 Å². The predicted molar refractivity (Wildman–Crippen MR) is 155 cm³/mol. The van der Waals surface area contributed by atoms with Crippen LogP contribution in [0.2, 0.25) is 5.02 Å². The van der Waals surface area contributed by atoms with Gasteiger partial charge in [-0.1, -0.05) is 41.9 Å². The molecule has 1 atom stereocenters. The molecule has 202 valence electrons. The van der Waals surface area contributed by atoms with E-state index in [0.717, 1.165) is 25.2 Å². The Morgan fingerprint density at radius 2 is 1.67 bits per heavy atom. The fourth-order valence-electron chi connectivity index (χ4n) is 4.41. The first kappa shape index (κ1) is 28.0. The van der Waals surface area contributed by atoms with Crippen LogP contribution < -0.4 is 20.7 Å². The van der Waals surface area contributed by atoms with Gasteiger partial charge >= 0.3 is 0 Å². The molecule has 3 aromatic rings. The molecule has 1 aliphatic rings. The number of hydrogen-bond acceptors (Lipinski definition) is 5. The topological polar surface area (TPSA) is 102 Å². The third-order valence-corrected chi connectivity index (χ3v) is 6.59. The minimum atomic E-state index is -0.366. The SMILES string of the molecule is N#CNC(=NC(CC(=O)NCCN1CCCC1)Cc1ccccc1)Nc1ccc(Oc2ccc(Cl)cc2)cc1. The Labute approximate surface area is 234 Å². The summed E-state index contributed by atoms with van der Waals surface area (Å²) in [6.07, 6.45) is 5.16. The van der Waals surface area contributed by atoms with Crippen LogP contribution in [0.25, 0.3) is 0 Å². The van der Waals surface area contributed by atoms with E-state index < -0.39 is 0 Å². The summed E-state index contributed by atoms with van der Waals surface area (Å²) in [6.45, 7) is 3.67. The summed E-state index contributed by atoms with van der Waals surface area (Å²) in [5.41, 5.74) is 1.78. The number of benzene rings is 3. The largest absolute Gasteiger partial charge is 0.457 e. The monoisotopic (exact) mass is 544 g/mol. The van der Waals surface area contributed by atoms with Crippen LogP contribution in [-0.2, 0) is 11.2 Å². The summed E-state index contributed by atoms with van der Waals surface area (Å²) in [7, 11) is 0. The predicted octanol–water partition coefficient (Wildman–Crippen LogP) is 5.18. The van der Waals surface area contributed by atoms with Crippen LogP contribution in [0.15, 0.2) is 83.9 Å². The molecule has 0 aromatic heterocycles. The van der Waals surface area contributed by atoms with Crippen LogP contribution in [0, 0.1) is 11.5 Å². The Balaban J connectivity index is 1.41. The van der Waals surface area contributed by atoms with E-state index in [1.165, 1.54) is 12.8 Å². The molecule has 0 bridgehead atoms. The second-order valence-corrected chi connectivity index (χ2v) is 9.80. The fraction of sp³-hybridized carbons (Fsp3) is 0.300. The van der Waals surface area contributed by atoms with Crippen molar-refractivity contribution in [3.05, 3.63) is 89.4 Å². The molecule has 0 saturated carbocycles. The molecule has 4 rings (SSSR count). The number of guanidine groups is 1. The van der Waals surface area contributed by atoms with Crippen molar-refractivity contribution in [3.8, 4) is 17.7 Å². The maximum atomic E-state index is 12.8. The Hall–Kier alpha value is -4.06. The normalized spacial score (nSPS) is 14.3. The zero-order valence-electron chi connectivity index (χ0n) is 21.8. The number of hydrogen-bond donors (Lipinski definition) is 3. The van der Waals surface area contributed by atoms with Crippen molar-refractivity contribution in [2.24, 2.45) is 4.99 Å². The first-order chi connectivity index (χ1) is 19.1. The van der Waals surface area contributed by atoms with Crippen molar-refractivity contribution in [1.82, 2.24) is 15.5 Å². The standard InChI is InChI=1S/C30H33ClN6O2/c31-24-8-12-27(13-9-24)39-28-14-10-25(11-15-28)35-30(34-22-32)36-26(20-23-6-2-1-3-7-23)21-29(38)33-16-19-37-17-4-5-18-37/h1-3,6-15,26H,4-5,16-21H2,(H,33,38)(H2,34,35,36). The molecule has 9 heteroatoms. The van der Waals surface area contributed by atoms with E-state index in [0.29, 0.717) is 35.2 Å². The molecule has 3 N–H and O–H groups in total. The average molecular weight is 545 g/mol. The molecule has 1 saturated heterocycles. The molecule has 0 radical (unpaired) electrons. The molecule has 3 aromatic carbocycles. The summed E-state index contributed by atoms with van der Waals surface area (Å²) < 4.78 is 5.85. The van der Waals surface area contributed by atoms with Crippen molar-refractivity contribution in [1.29, 1.82) is 5.26 Å². The minimum Gasteiger partial charge on any atom is -0.457 e. The van der Waals surface area contributed by atoms with Crippen molar-refractivity contribution in [2.45, 2.75) is 31.7 Å². The van der Waals surface area contributed by atoms with Gasteiger partial charge < -0.3 is 20.3 Å². The number of likely N-dealkylation sites (tertiary alicyclic amines) is 1. The summed E-state index contributed by atoms with van der Waals surface area (Å²) in [4.78, 5) is 19.9. The molecule has 1 amide bonds. The third-order valence-electron chi connectivity index (χ3n) is 6.34. The number of aliphatic imine (C=N–C) groups is 1. The van der Waals surface area contributed by atoms with Crippen LogP contribution >= 0.6 is 11.6 Å². The minimum absolute atomic E-state index is 0.0566. The molecule has 0 spiro atoms. The van der Waals surface area contributed by atoms with Crippen molar-refractivity contribution in [2.75, 3.05) is 31.5 Å². The van der Waals surface area contributed by atoms with Crippen LogP contribution in [0.1, 0.15) is 24.8 Å². The van der Waals surface area contributed by atoms with Gasteiger partial charge in [-0.2, -0.15) is 5.26 Å². The van der Waals surface area contributed by atoms with Gasteiger partial charge in [-0.15, -0.1) is 0 Å². The lowest BCUT2D eigenvalue weighted by molar-refractivity contribution is -0.121. The molecular weight excluding hydrogens is 512 g/mol. The van der Waals surface area contributed by atoms with Crippen LogP contribution in [0.3, 0.4) is 0 Å². The lowest BCUT2D eigenvalue weighted by Gasteiger charge is -2.17. The second kappa shape index (κ2) is 14.8. The maximum Gasteiger partial charge on any atom is 0.222 e. The van der Waals surface area contributed by atoms with Gasteiger partial charge in [0.25, 0.3) is 0 Å². The molecule has 1 heterocycles. The summed E-state index contributed by atoms with van der Waals surface area (Å²) in [5, 5.41) is 18.8. The van der Waals surface area contributed by atoms with Crippen LogP contribution in [0.5, 0.6) is 11.5 Å². The Morgan fingerprint density at radius 1 is 1.00 bits per heavy atom. The Morgan fingerprint density at radius 3 is 2.33 bits per heavy atom. The van der Waals surface area contributed by atoms with E-state index >= 15 is 0 Å². The highest BCUT2D eigenvalue weighted by Crippen LogP contribution is 2.24. The Bertz CT molecular complexity index is 1250. The summed E-state index contributed by atoms with van der Waals surface area (Å²) in [6, 6.07) is 24.0. The number of carbonyl (C=O) groups excluding carboxylic acids is 1. The Kier molecular flexibility index (Phi) is 10.6. The highest BCUT2D eigenvalue weighted by Gasteiger charge is 2.17. The number of nitrogens with one attached hydrogen (secondary N) is 3. The van der Waals surface area contributed by atoms with E-state index in [1.54, 1.807) is 24.3 Å². The number of ether oxygens (including phenoxy) is 1. The van der Waals surface area contributed by atoms with Gasteiger partial charge in [0.2, 0.25) is 11.9 Å². The second-order valence-electron chi connectivity index (χ2n) is 9.37. The smallest absolute Gasteiger partial charge is 0.222 e. The van der Waals surface area contributed by atoms with Gasteiger partial charge in [0.05, 0.1) is 6.04 Å². The van der Waals surface area contributed by atoms with Gasteiger partial charge in [-0.25, -0.2) is 4.99 Å². The van der Waals surface area contributed by atoms with Gasteiger partial charge in [0, 0.05) is 30.2 Å². The van der Waals surface area contributed by atoms with E-state index in [-0.39, 0.29) is 24.3 Å². The van der Waals surface area contributed by atoms with Gasteiger partial charge in [-0.3, -0.25) is 10.1 Å². The molecule has 39 heavy (non-hydrogen) atoms. The highest BCUT2D eigenvalue weighted by atomic mass is 35.5. The number of amides is 1. The first-order valence-electron chi connectivity index (χ1n) is 13.1. The molecule has 1 unspecified atom stereocenters. The average Bonchev–Trinajstić information content (AvgIpc) is 3.45. The number of nitriles is 1. The first-order valence-corrected chi connectivity index (χ1v) is 13.5. The number of rotatable bonds is 11. The molecule has 1 aliphatic heterocycles. The number of anilines is 1. The molecular formula is C30H33ClN6O2. The molecule has 0 aliphatic carbocycles. The van der Waals surface area contributed by atoms with E-state index in [9.17, 15) is 10.1 Å². The van der Waals surface area contributed by atoms with Gasteiger partial charge in [-0.05, 0) is 86.4 Å². The maximum absolute atomic E-state index is 12.8. The fourth-order valence-corrected chi connectivity index (χ4v) is 4.53. The quantitative estimate of drug-likeness (QED) is 0.133. The molecule has 1 fully saturated rings. The van der Waals surface area contributed by atoms with E-state index in [4.69, 9.17) is 21.3 Å². The third kappa shape index (κ3) is 9.64. The number of nitrogens with zero attached hydrogens (tertiary/aromatic N) is 3. The zero-order chi connectivity index (χ0) is 27.3. The number of halogens is 1. The summed E-state index contributed by atoms with van der Waals surface area (Å²) >= 11 is 5.94. The van der Waals surface area contributed by atoms with Crippen molar-refractivity contribution >= 4 is 29.2 Å². The zero-order valence-corrected chi connectivity index (χ0v) is 22.5. The van der Waals surface area contributed by atoms with Gasteiger partial charge in [0.1, 0.15) is 11.5 Å². The molecule has 8 nitrogen and oxygen atoms in total. The lowest BCUT2D eigenvalue weighted by Crippen LogP contribution is -2.36. The van der Waals surface area contributed by atoms with Crippen molar-refractivity contribution < 1.29 is 9.53 Å². The number of carbonyl (C=O) groups is 1. The van der Waals surface area contributed by atoms with Crippen LogP contribution in [0.4, 0.5) is 5.69 Å². The summed E-state index contributed by atoms with van der Waals surface area (Å²) in [5.74, 6) is 1.55. The van der Waals surface area contributed by atoms with Crippen molar-refractivity contribution in [3.63, 3.8) is 0 Å². The van der Waals surface area contributed by atoms with Gasteiger partial charge in [0.15, 0.2) is 6.19 Å². The highest BCUT2D eigenvalue weighted by molar-refractivity contribution is 6.30. The lowest BCUT2D eigenvalue weighted by atomic mass is 10.0. The van der Waals surface area contributed by atoms with E-state index in [1.807, 2.05) is 60.8 Å². The van der Waals surface area contributed by atoms with E-state index in [2.05, 4.69) is 20.9 Å².